The predicted octanol–water partition coefficient (Wildman–Crippen LogP) is 1.89. The maximum atomic E-state index is 12.1. The van der Waals surface area contributed by atoms with Crippen LogP contribution in [0.4, 0.5) is 5.69 Å². The van der Waals surface area contributed by atoms with E-state index in [1.807, 2.05) is 33.2 Å². The fourth-order valence-corrected chi connectivity index (χ4v) is 2.22. The number of hydrogen-bond acceptors (Lipinski definition) is 3. The van der Waals surface area contributed by atoms with E-state index in [1.165, 1.54) is 0 Å². The lowest BCUT2D eigenvalue weighted by Crippen LogP contribution is -2.40. The van der Waals surface area contributed by atoms with Crippen LogP contribution in [0.3, 0.4) is 0 Å². The molecule has 0 unspecified atom stereocenters. The lowest BCUT2D eigenvalue weighted by Gasteiger charge is -2.28. The van der Waals surface area contributed by atoms with Crippen LogP contribution in [0, 0.1) is 12.3 Å². The first kappa shape index (κ1) is 15.5. The van der Waals surface area contributed by atoms with Crippen molar-refractivity contribution in [3.05, 3.63) is 29.3 Å². The summed E-state index contributed by atoms with van der Waals surface area (Å²) >= 11 is 0. The van der Waals surface area contributed by atoms with E-state index >= 15 is 0 Å². The molecule has 0 aliphatic rings. The number of nitrogens with zero attached hydrogens (tertiary/aromatic N) is 1. The maximum absolute atomic E-state index is 12.1. The van der Waals surface area contributed by atoms with Gasteiger partial charge in [0.2, 0.25) is 0 Å². The average Bonchev–Trinajstić information content (AvgIpc) is 2.24. The Morgan fingerprint density at radius 2 is 2.00 bits per heavy atom. The van der Waals surface area contributed by atoms with Gasteiger partial charge in [-0.2, -0.15) is 0 Å². The molecule has 0 radical (unpaired) electrons. The number of nitrogens with one attached hydrogen (secondary N) is 1. The third kappa shape index (κ3) is 4.91. The number of nitrogen functional groups attached to an aromatic ring is 1. The van der Waals surface area contributed by atoms with Gasteiger partial charge in [0.05, 0.1) is 5.56 Å². The Balaban J connectivity index is 2.65. The highest BCUT2D eigenvalue weighted by Gasteiger charge is 2.20. The summed E-state index contributed by atoms with van der Waals surface area (Å²) in [4.78, 5) is 14.2. The van der Waals surface area contributed by atoms with Crippen molar-refractivity contribution >= 4 is 11.6 Å². The normalized spacial score (nSPS) is 11.7. The fraction of sp³-hybridized carbons (Fsp3) is 0.533. The monoisotopic (exact) mass is 263 g/mol. The van der Waals surface area contributed by atoms with Gasteiger partial charge >= 0.3 is 0 Å². The number of carbonyl (C=O) groups excluding carboxylic acids is 1. The van der Waals surface area contributed by atoms with Gasteiger partial charge in [0.25, 0.3) is 5.91 Å². The number of nitrogens with two attached hydrogens (primary N) is 1. The first-order chi connectivity index (χ1) is 8.71. The summed E-state index contributed by atoms with van der Waals surface area (Å²) in [6, 6.07) is 5.50. The van der Waals surface area contributed by atoms with Crippen molar-refractivity contribution in [2.24, 2.45) is 5.41 Å². The van der Waals surface area contributed by atoms with E-state index in [9.17, 15) is 4.79 Å². The zero-order chi connectivity index (χ0) is 14.6. The Morgan fingerprint density at radius 3 is 2.53 bits per heavy atom. The zero-order valence-corrected chi connectivity index (χ0v) is 12.6. The van der Waals surface area contributed by atoms with E-state index in [0.717, 1.165) is 12.1 Å². The number of hydrogen-bond donors (Lipinski definition) is 2. The van der Waals surface area contributed by atoms with Crippen molar-refractivity contribution in [3.63, 3.8) is 0 Å². The van der Waals surface area contributed by atoms with Crippen LogP contribution >= 0.6 is 0 Å². The van der Waals surface area contributed by atoms with Crippen LogP contribution in [0.15, 0.2) is 18.2 Å². The summed E-state index contributed by atoms with van der Waals surface area (Å²) in [5.74, 6) is -0.107. The standard InChI is InChI=1S/C15H25N3O/c1-11-6-7-12(13(16)8-11)14(19)17-9-15(2,3)10-18(4)5/h6-8H,9-10,16H2,1-5H3,(H,17,19). The molecule has 19 heavy (non-hydrogen) atoms. The van der Waals surface area contributed by atoms with E-state index < -0.39 is 0 Å². The molecule has 4 heteroatoms. The number of amides is 1. The predicted molar refractivity (Wildman–Crippen MR) is 80.3 cm³/mol. The van der Waals surface area contributed by atoms with Crippen LogP contribution in [0.1, 0.15) is 29.8 Å². The van der Waals surface area contributed by atoms with Gasteiger partial charge < -0.3 is 16.0 Å². The lowest BCUT2D eigenvalue weighted by molar-refractivity contribution is 0.0930. The highest BCUT2D eigenvalue weighted by Crippen LogP contribution is 2.16. The number of benzene rings is 1. The Morgan fingerprint density at radius 1 is 1.37 bits per heavy atom. The number of carbonyl (C=O) groups is 1. The molecular weight excluding hydrogens is 238 g/mol. The second-order valence-corrected chi connectivity index (χ2v) is 6.18. The van der Waals surface area contributed by atoms with Crippen molar-refractivity contribution in [1.82, 2.24) is 10.2 Å². The largest absolute Gasteiger partial charge is 0.398 e. The number of aryl methyl sites for hydroxylation is 1. The van der Waals surface area contributed by atoms with Crippen LogP contribution in [0.5, 0.6) is 0 Å². The maximum Gasteiger partial charge on any atom is 0.253 e. The minimum absolute atomic E-state index is 0.0264. The van der Waals surface area contributed by atoms with E-state index in [4.69, 9.17) is 5.73 Å². The number of rotatable bonds is 5. The molecule has 0 saturated carbocycles. The second-order valence-electron chi connectivity index (χ2n) is 6.18. The topological polar surface area (TPSA) is 58.4 Å². The van der Waals surface area contributed by atoms with Crippen LogP contribution in [0.25, 0.3) is 0 Å². The molecule has 1 rings (SSSR count). The van der Waals surface area contributed by atoms with Gasteiger partial charge in [-0.15, -0.1) is 0 Å². The van der Waals surface area contributed by atoms with Gasteiger partial charge in [-0.05, 0) is 44.1 Å². The summed E-state index contributed by atoms with van der Waals surface area (Å²) < 4.78 is 0. The third-order valence-corrected chi connectivity index (χ3v) is 2.92. The van der Waals surface area contributed by atoms with E-state index in [2.05, 4.69) is 24.1 Å². The Bertz CT molecular complexity index is 453. The molecule has 1 amide bonds. The minimum atomic E-state index is -0.107. The first-order valence-corrected chi connectivity index (χ1v) is 6.50. The van der Waals surface area contributed by atoms with Gasteiger partial charge in [-0.1, -0.05) is 19.9 Å². The second kappa shape index (κ2) is 6.06. The van der Waals surface area contributed by atoms with E-state index in [-0.39, 0.29) is 11.3 Å². The first-order valence-electron chi connectivity index (χ1n) is 6.50. The lowest BCUT2D eigenvalue weighted by atomic mass is 9.93. The summed E-state index contributed by atoms with van der Waals surface area (Å²) in [5, 5.41) is 2.96. The molecule has 0 spiro atoms. The summed E-state index contributed by atoms with van der Waals surface area (Å²) in [7, 11) is 4.06. The Hall–Kier alpha value is -1.55. The average molecular weight is 263 g/mol. The Kier molecular flexibility index (Phi) is 4.95. The molecule has 0 atom stereocenters. The molecule has 1 aromatic rings. The van der Waals surface area contributed by atoms with Crippen molar-refractivity contribution in [2.75, 3.05) is 32.9 Å². The molecule has 106 valence electrons. The quantitative estimate of drug-likeness (QED) is 0.798. The molecule has 0 heterocycles. The number of anilines is 1. The molecule has 0 aliphatic heterocycles. The minimum Gasteiger partial charge on any atom is -0.398 e. The van der Waals surface area contributed by atoms with Crippen molar-refractivity contribution in [1.29, 1.82) is 0 Å². The molecule has 4 nitrogen and oxygen atoms in total. The van der Waals surface area contributed by atoms with Crippen LogP contribution in [0.2, 0.25) is 0 Å². The van der Waals surface area contributed by atoms with Crippen molar-refractivity contribution < 1.29 is 4.79 Å². The van der Waals surface area contributed by atoms with E-state index in [1.54, 1.807) is 6.07 Å². The van der Waals surface area contributed by atoms with Crippen molar-refractivity contribution in [2.45, 2.75) is 20.8 Å². The van der Waals surface area contributed by atoms with Crippen molar-refractivity contribution in [3.8, 4) is 0 Å². The fourth-order valence-electron chi connectivity index (χ4n) is 2.22. The molecule has 0 aliphatic carbocycles. The molecular formula is C15H25N3O. The smallest absolute Gasteiger partial charge is 0.253 e. The molecule has 1 aromatic carbocycles. The van der Waals surface area contributed by atoms with Gasteiger partial charge in [-0.3, -0.25) is 4.79 Å². The highest BCUT2D eigenvalue weighted by molar-refractivity contribution is 5.99. The van der Waals surface area contributed by atoms with Gasteiger partial charge in [0, 0.05) is 18.8 Å². The van der Waals surface area contributed by atoms with Gasteiger partial charge in [0.15, 0.2) is 0 Å². The van der Waals surface area contributed by atoms with Gasteiger partial charge in [0.1, 0.15) is 0 Å². The van der Waals surface area contributed by atoms with Gasteiger partial charge in [-0.25, -0.2) is 0 Å². The highest BCUT2D eigenvalue weighted by atomic mass is 16.1. The zero-order valence-electron chi connectivity index (χ0n) is 12.6. The van der Waals surface area contributed by atoms with Crippen LogP contribution in [-0.2, 0) is 0 Å². The molecule has 0 aromatic heterocycles. The molecule has 3 N–H and O–H groups in total. The summed E-state index contributed by atoms with van der Waals surface area (Å²) in [5.41, 5.74) is 8.04. The summed E-state index contributed by atoms with van der Waals surface area (Å²) in [6.07, 6.45) is 0. The molecule has 0 saturated heterocycles. The molecule has 0 bridgehead atoms. The summed E-state index contributed by atoms with van der Waals surface area (Å²) in [6.45, 7) is 7.75. The van der Waals surface area contributed by atoms with Crippen LogP contribution in [-0.4, -0.2) is 38.0 Å². The third-order valence-electron chi connectivity index (χ3n) is 2.92. The van der Waals surface area contributed by atoms with Crippen LogP contribution < -0.4 is 11.1 Å². The SMILES string of the molecule is Cc1ccc(C(=O)NCC(C)(C)CN(C)C)c(N)c1. The molecule has 0 fully saturated rings. The van der Waals surface area contributed by atoms with E-state index in [0.29, 0.717) is 17.8 Å². The Labute approximate surface area is 116 Å².